The first kappa shape index (κ1) is 12.3. The van der Waals surface area contributed by atoms with E-state index in [1.54, 1.807) is 0 Å². The predicted octanol–water partition coefficient (Wildman–Crippen LogP) is 1.19. The molecule has 2 fully saturated rings. The van der Waals surface area contributed by atoms with Gasteiger partial charge in [-0.05, 0) is 51.2 Å². The molecular formula is C13H27N3. The molecule has 0 unspecified atom stereocenters. The zero-order valence-corrected chi connectivity index (χ0v) is 10.5. The van der Waals surface area contributed by atoms with Gasteiger partial charge < -0.3 is 16.0 Å². The maximum Gasteiger partial charge on any atom is 0.0107 e. The van der Waals surface area contributed by atoms with Gasteiger partial charge in [0.05, 0.1) is 0 Å². The molecule has 0 aromatic rings. The molecule has 1 aliphatic heterocycles. The molecule has 2 aliphatic rings. The van der Waals surface area contributed by atoms with Crippen LogP contribution in [0.25, 0.3) is 0 Å². The number of nitrogens with zero attached hydrogens (tertiary/aromatic N) is 1. The molecule has 1 heterocycles. The van der Waals surface area contributed by atoms with E-state index in [2.05, 4.69) is 10.2 Å². The Labute approximate surface area is 99.8 Å². The Hall–Kier alpha value is -0.120. The third kappa shape index (κ3) is 3.72. The Kier molecular flexibility index (Phi) is 5.07. The van der Waals surface area contributed by atoms with Gasteiger partial charge in [-0.2, -0.15) is 0 Å². The standard InChI is InChI=1S/C13H27N3/c14-13-6-2-1-5-12(13)11-15-7-10-16-8-3-4-9-16/h12-13,15H,1-11,14H2/t12-,13-/m0/s1. The lowest BCUT2D eigenvalue weighted by Crippen LogP contribution is -2.41. The van der Waals surface area contributed by atoms with E-state index in [1.807, 2.05) is 0 Å². The minimum absolute atomic E-state index is 0.452. The minimum Gasteiger partial charge on any atom is -0.327 e. The van der Waals surface area contributed by atoms with E-state index in [4.69, 9.17) is 5.73 Å². The van der Waals surface area contributed by atoms with Gasteiger partial charge in [0.2, 0.25) is 0 Å². The van der Waals surface area contributed by atoms with Gasteiger partial charge in [0.1, 0.15) is 0 Å². The van der Waals surface area contributed by atoms with E-state index in [9.17, 15) is 0 Å². The molecule has 0 amide bonds. The van der Waals surface area contributed by atoms with Gasteiger partial charge in [0.15, 0.2) is 0 Å². The molecule has 0 bridgehead atoms. The molecule has 0 aromatic heterocycles. The van der Waals surface area contributed by atoms with Crippen molar-refractivity contribution in [3.8, 4) is 0 Å². The molecule has 2 atom stereocenters. The zero-order valence-electron chi connectivity index (χ0n) is 10.5. The van der Waals surface area contributed by atoms with E-state index in [0.29, 0.717) is 6.04 Å². The van der Waals surface area contributed by atoms with Crippen molar-refractivity contribution >= 4 is 0 Å². The van der Waals surface area contributed by atoms with Crippen LogP contribution in [0.1, 0.15) is 38.5 Å². The Morgan fingerprint density at radius 3 is 2.56 bits per heavy atom. The van der Waals surface area contributed by atoms with Gasteiger partial charge in [-0.3, -0.25) is 0 Å². The summed E-state index contributed by atoms with van der Waals surface area (Å²) >= 11 is 0. The van der Waals surface area contributed by atoms with Crippen LogP contribution < -0.4 is 11.1 Å². The van der Waals surface area contributed by atoms with Crippen LogP contribution in [-0.2, 0) is 0 Å². The number of nitrogens with one attached hydrogen (secondary N) is 1. The van der Waals surface area contributed by atoms with Crippen molar-refractivity contribution in [2.45, 2.75) is 44.6 Å². The van der Waals surface area contributed by atoms with Gasteiger partial charge in [0, 0.05) is 19.1 Å². The number of rotatable bonds is 5. The van der Waals surface area contributed by atoms with Crippen LogP contribution in [0.4, 0.5) is 0 Å². The van der Waals surface area contributed by atoms with Gasteiger partial charge in [0.25, 0.3) is 0 Å². The van der Waals surface area contributed by atoms with Crippen LogP contribution >= 0.6 is 0 Å². The fourth-order valence-corrected chi connectivity index (χ4v) is 3.02. The first-order chi connectivity index (χ1) is 7.86. The molecule has 3 N–H and O–H groups in total. The van der Waals surface area contributed by atoms with Crippen LogP contribution in [-0.4, -0.2) is 43.7 Å². The normalized spacial score (nSPS) is 32.1. The molecular weight excluding hydrogens is 198 g/mol. The van der Waals surface area contributed by atoms with E-state index in [0.717, 1.165) is 19.0 Å². The molecule has 3 heteroatoms. The first-order valence-electron chi connectivity index (χ1n) is 7.05. The summed E-state index contributed by atoms with van der Waals surface area (Å²) in [6.07, 6.45) is 8.08. The summed E-state index contributed by atoms with van der Waals surface area (Å²) in [5, 5.41) is 3.59. The average Bonchev–Trinajstić information content (AvgIpc) is 2.79. The van der Waals surface area contributed by atoms with E-state index >= 15 is 0 Å². The molecule has 1 saturated carbocycles. The maximum absolute atomic E-state index is 6.13. The maximum atomic E-state index is 6.13. The summed E-state index contributed by atoms with van der Waals surface area (Å²) in [7, 11) is 0. The van der Waals surface area contributed by atoms with Crippen LogP contribution in [0.5, 0.6) is 0 Å². The highest BCUT2D eigenvalue weighted by molar-refractivity contribution is 4.79. The number of hydrogen-bond donors (Lipinski definition) is 2. The fourth-order valence-electron chi connectivity index (χ4n) is 3.02. The van der Waals surface area contributed by atoms with Gasteiger partial charge in [-0.1, -0.05) is 12.8 Å². The topological polar surface area (TPSA) is 41.3 Å². The quantitative estimate of drug-likeness (QED) is 0.691. The van der Waals surface area contributed by atoms with Gasteiger partial charge in [-0.25, -0.2) is 0 Å². The number of likely N-dealkylation sites (tertiary alicyclic amines) is 1. The van der Waals surface area contributed by atoms with Crippen LogP contribution in [0, 0.1) is 5.92 Å². The molecule has 0 spiro atoms. The van der Waals surface area contributed by atoms with Gasteiger partial charge in [-0.15, -0.1) is 0 Å². The number of nitrogens with two attached hydrogens (primary N) is 1. The summed E-state index contributed by atoms with van der Waals surface area (Å²) in [6.45, 7) is 6.12. The highest BCUT2D eigenvalue weighted by Crippen LogP contribution is 2.22. The molecule has 2 rings (SSSR count). The van der Waals surface area contributed by atoms with E-state index < -0.39 is 0 Å². The van der Waals surface area contributed by atoms with Crippen molar-refractivity contribution in [1.29, 1.82) is 0 Å². The summed E-state index contributed by atoms with van der Waals surface area (Å²) in [4.78, 5) is 2.56. The van der Waals surface area contributed by atoms with Crippen LogP contribution in [0.3, 0.4) is 0 Å². The SMILES string of the molecule is N[C@H]1CCCC[C@H]1CNCCN1CCCC1. The first-order valence-corrected chi connectivity index (χ1v) is 7.05. The summed E-state index contributed by atoms with van der Waals surface area (Å²) < 4.78 is 0. The molecule has 0 radical (unpaired) electrons. The second kappa shape index (κ2) is 6.58. The van der Waals surface area contributed by atoms with E-state index in [-0.39, 0.29) is 0 Å². The summed E-state index contributed by atoms with van der Waals surface area (Å²) in [6, 6.07) is 0.452. The smallest absolute Gasteiger partial charge is 0.0107 e. The average molecular weight is 225 g/mol. The Balaban J connectivity index is 1.53. The lowest BCUT2D eigenvalue weighted by atomic mass is 9.85. The molecule has 3 nitrogen and oxygen atoms in total. The van der Waals surface area contributed by atoms with E-state index in [1.165, 1.54) is 58.2 Å². The largest absolute Gasteiger partial charge is 0.327 e. The van der Waals surface area contributed by atoms with Crippen molar-refractivity contribution < 1.29 is 0 Å². The Morgan fingerprint density at radius 2 is 1.81 bits per heavy atom. The molecule has 16 heavy (non-hydrogen) atoms. The Bertz CT molecular complexity index is 190. The highest BCUT2D eigenvalue weighted by Gasteiger charge is 2.21. The minimum atomic E-state index is 0.452. The predicted molar refractivity (Wildman–Crippen MR) is 68.5 cm³/mol. The summed E-state index contributed by atoms with van der Waals surface area (Å²) in [5.74, 6) is 0.729. The molecule has 0 aromatic carbocycles. The lowest BCUT2D eigenvalue weighted by Gasteiger charge is -2.29. The van der Waals surface area contributed by atoms with Crippen molar-refractivity contribution in [2.24, 2.45) is 11.7 Å². The third-order valence-corrected chi connectivity index (χ3v) is 4.18. The Morgan fingerprint density at radius 1 is 1.06 bits per heavy atom. The number of hydrogen-bond acceptors (Lipinski definition) is 3. The van der Waals surface area contributed by atoms with Gasteiger partial charge >= 0.3 is 0 Å². The van der Waals surface area contributed by atoms with Crippen molar-refractivity contribution in [3.63, 3.8) is 0 Å². The lowest BCUT2D eigenvalue weighted by molar-refractivity contribution is 0.284. The zero-order chi connectivity index (χ0) is 11.2. The third-order valence-electron chi connectivity index (χ3n) is 4.18. The monoisotopic (exact) mass is 225 g/mol. The molecule has 1 aliphatic carbocycles. The van der Waals surface area contributed by atoms with Crippen molar-refractivity contribution in [1.82, 2.24) is 10.2 Å². The summed E-state index contributed by atoms with van der Waals surface area (Å²) in [5.41, 5.74) is 6.13. The van der Waals surface area contributed by atoms with Crippen LogP contribution in [0.2, 0.25) is 0 Å². The highest BCUT2D eigenvalue weighted by atomic mass is 15.1. The van der Waals surface area contributed by atoms with Crippen molar-refractivity contribution in [3.05, 3.63) is 0 Å². The van der Waals surface area contributed by atoms with Crippen molar-refractivity contribution in [2.75, 3.05) is 32.7 Å². The molecule has 94 valence electrons. The van der Waals surface area contributed by atoms with Crippen LogP contribution in [0.15, 0.2) is 0 Å². The second-order valence-electron chi connectivity index (χ2n) is 5.46. The fraction of sp³-hybridized carbons (Fsp3) is 1.00. The second-order valence-corrected chi connectivity index (χ2v) is 5.46. The molecule has 1 saturated heterocycles.